The summed E-state index contributed by atoms with van der Waals surface area (Å²) in [6.07, 6.45) is 0. The first-order valence-corrected chi connectivity index (χ1v) is 6.11. The second-order valence-corrected chi connectivity index (χ2v) is 6.06. The first-order chi connectivity index (χ1) is 5.38. The van der Waals surface area contributed by atoms with Gasteiger partial charge < -0.3 is 0 Å². The lowest BCUT2D eigenvalue weighted by molar-refractivity contribution is 0.597. The van der Waals surface area contributed by atoms with Crippen LogP contribution in [0.4, 0.5) is 0 Å². The molecule has 0 fully saturated rings. The average Bonchev–Trinajstić information content (AvgIpc) is 2.06. The van der Waals surface area contributed by atoms with E-state index >= 15 is 0 Å². The highest BCUT2D eigenvalue weighted by molar-refractivity contribution is 7.88. The maximum Gasteiger partial charge on any atom is 0.213 e. The van der Waals surface area contributed by atoms with E-state index in [1.54, 1.807) is 0 Å². The third-order valence-electron chi connectivity index (χ3n) is 1.08. The molecule has 0 saturated carbocycles. The van der Waals surface area contributed by atoms with E-state index in [9.17, 15) is 8.42 Å². The molecule has 3 nitrogen and oxygen atoms in total. The van der Waals surface area contributed by atoms with E-state index in [-0.39, 0.29) is 5.75 Å². The van der Waals surface area contributed by atoms with Crippen molar-refractivity contribution in [1.82, 2.24) is 0 Å². The molecule has 0 unspecified atom stereocenters. The van der Waals surface area contributed by atoms with Crippen LogP contribution in [0.5, 0.6) is 0 Å². The van der Waals surface area contributed by atoms with Crippen LogP contribution in [0.2, 0.25) is 8.67 Å². The van der Waals surface area contributed by atoms with Crippen molar-refractivity contribution in [2.45, 2.75) is 5.75 Å². The Hall–Kier alpha value is 0.190. The summed E-state index contributed by atoms with van der Waals surface area (Å²) in [6, 6.07) is 1.50. The zero-order valence-corrected chi connectivity index (χ0v) is 8.90. The first-order valence-electron chi connectivity index (χ1n) is 2.82. The van der Waals surface area contributed by atoms with Crippen LogP contribution >= 0.6 is 34.5 Å². The minimum absolute atomic E-state index is 0.269. The van der Waals surface area contributed by atoms with Crippen molar-refractivity contribution < 1.29 is 8.42 Å². The van der Waals surface area contributed by atoms with Gasteiger partial charge in [-0.05, 0) is 11.6 Å². The Kier molecular flexibility index (Phi) is 3.01. The summed E-state index contributed by atoms with van der Waals surface area (Å²) in [4.78, 5) is 0. The molecule has 0 saturated heterocycles. The van der Waals surface area contributed by atoms with Gasteiger partial charge in [0.05, 0.1) is 14.4 Å². The van der Waals surface area contributed by atoms with Crippen LogP contribution in [0.25, 0.3) is 0 Å². The number of thiophene rings is 1. The van der Waals surface area contributed by atoms with E-state index in [2.05, 4.69) is 0 Å². The fourth-order valence-electron chi connectivity index (χ4n) is 0.689. The highest BCUT2D eigenvalue weighted by atomic mass is 35.5. The van der Waals surface area contributed by atoms with Gasteiger partial charge in [-0.15, -0.1) is 11.3 Å². The van der Waals surface area contributed by atoms with Gasteiger partial charge in [-0.25, -0.2) is 13.6 Å². The summed E-state index contributed by atoms with van der Waals surface area (Å²) < 4.78 is 22.1. The Bertz CT molecular complexity index is 384. The van der Waals surface area contributed by atoms with Gasteiger partial charge >= 0.3 is 0 Å². The standard InChI is InChI=1S/C5H5Cl2NO2S2/c6-4-1-3(5(7)11-4)2-12(8,9)10/h1H,2H2,(H2,8,9,10). The third kappa shape index (κ3) is 2.91. The number of primary sulfonamides is 1. The Morgan fingerprint density at radius 2 is 2.08 bits per heavy atom. The van der Waals surface area contributed by atoms with Gasteiger partial charge in [-0.3, -0.25) is 0 Å². The maximum absolute atomic E-state index is 10.6. The Morgan fingerprint density at radius 3 is 2.42 bits per heavy atom. The van der Waals surface area contributed by atoms with Gasteiger partial charge in [0.1, 0.15) is 0 Å². The molecule has 0 aliphatic rings. The third-order valence-corrected chi connectivity index (χ3v) is 3.37. The molecule has 68 valence electrons. The molecular formula is C5H5Cl2NO2S2. The zero-order valence-electron chi connectivity index (χ0n) is 5.75. The summed E-state index contributed by atoms with van der Waals surface area (Å²) in [5.74, 6) is -0.269. The molecule has 1 heterocycles. The Balaban J connectivity index is 2.97. The second kappa shape index (κ2) is 3.51. The number of rotatable bonds is 2. The monoisotopic (exact) mass is 245 g/mol. The molecule has 0 spiro atoms. The molecule has 0 aliphatic carbocycles. The molecule has 7 heteroatoms. The first kappa shape index (κ1) is 10.3. The molecule has 0 aliphatic heterocycles. The fourth-order valence-corrected chi connectivity index (χ4v) is 3.01. The van der Waals surface area contributed by atoms with Crippen LogP contribution in [-0.4, -0.2) is 8.42 Å². The molecule has 0 aromatic carbocycles. The summed E-state index contributed by atoms with van der Waals surface area (Å²) in [5, 5.41) is 4.82. The number of sulfonamides is 1. The van der Waals surface area contributed by atoms with Crippen molar-refractivity contribution in [3.63, 3.8) is 0 Å². The predicted molar refractivity (Wildman–Crippen MR) is 51.2 cm³/mol. The normalized spacial score (nSPS) is 11.9. The predicted octanol–water partition coefficient (Wildman–Crippen LogP) is 1.84. The zero-order chi connectivity index (χ0) is 9.35. The SMILES string of the molecule is NS(=O)(=O)Cc1cc(Cl)sc1Cl. The van der Waals surface area contributed by atoms with Gasteiger partial charge in [0, 0.05) is 0 Å². The largest absolute Gasteiger partial charge is 0.228 e. The number of hydrogen-bond acceptors (Lipinski definition) is 3. The van der Waals surface area contributed by atoms with Crippen LogP contribution in [0.15, 0.2) is 6.07 Å². The molecule has 0 radical (unpaired) electrons. The molecule has 2 N–H and O–H groups in total. The fraction of sp³-hybridized carbons (Fsp3) is 0.200. The smallest absolute Gasteiger partial charge is 0.213 e. The molecule has 0 amide bonds. The van der Waals surface area contributed by atoms with Gasteiger partial charge in [-0.1, -0.05) is 23.2 Å². The van der Waals surface area contributed by atoms with E-state index in [0.717, 1.165) is 11.3 Å². The highest BCUT2D eigenvalue weighted by Crippen LogP contribution is 2.31. The molecular weight excluding hydrogens is 241 g/mol. The quantitative estimate of drug-likeness (QED) is 0.865. The Labute approximate surface area is 84.1 Å². The Morgan fingerprint density at radius 1 is 1.50 bits per heavy atom. The van der Waals surface area contributed by atoms with E-state index in [0.29, 0.717) is 14.2 Å². The van der Waals surface area contributed by atoms with Gasteiger partial charge in [0.15, 0.2) is 0 Å². The second-order valence-electron chi connectivity index (χ2n) is 2.16. The topological polar surface area (TPSA) is 60.2 Å². The lowest BCUT2D eigenvalue weighted by atomic mass is 10.4. The van der Waals surface area contributed by atoms with Gasteiger partial charge in [0.2, 0.25) is 10.0 Å². The van der Waals surface area contributed by atoms with Crippen molar-refractivity contribution >= 4 is 44.6 Å². The minimum atomic E-state index is -3.52. The van der Waals surface area contributed by atoms with Crippen molar-refractivity contribution in [2.24, 2.45) is 5.14 Å². The summed E-state index contributed by atoms with van der Waals surface area (Å²) >= 11 is 12.4. The molecule has 1 aromatic rings. The van der Waals surface area contributed by atoms with Crippen LogP contribution in [0, 0.1) is 0 Å². The molecule has 1 aromatic heterocycles. The van der Waals surface area contributed by atoms with Crippen molar-refractivity contribution in [3.05, 3.63) is 20.3 Å². The highest BCUT2D eigenvalue weighted by Gasteiger charge is 2.11. The van der Waals surface area contributed by atoms with Crippen LogP contribution in [-0.2, 0) is 15.8 Å². The molecule has 12 heavy (non-hydrogen) atoms. The molecule has 0 bridgehead atoms. The summed E-state index contributed by atoms with van der Waals surface area (Å²) in [5.41, 5.74) is 0.453. The van der Waals surface area contributed by atoms with E-state index in [4.69, 9.17) is 28.3 Å². The van der Waals surface area contributed by atoms with Crippen molar-refractivity contribution in [2.75, 3.05) is 0 Å². The van der Waals surface area contributed by atoms with Gasteiger partial charge in [0.25, 0.3) is 0 Å². The number of hydrogen-bond donors (Lipinski definition) is 1. The number of nitrogens with two attached hydrogens (primary N) is 1. The lowest BCUT2D eigenvalue weighted by Gasteiger charge is -1.94. The van der Waals surface area contributed by atoms with Crippen molar-refractivity contribution in [1.29, 1.82) is 0 Å². The minimum Gasteiger partial charge on any atom is -0.228 e. The van der Waals surface area contributed by atoms with Gasteiger partial charge in [-0.2, -0.15) is 0 Å². The molecule has 0 atom stereocenters. The molecule has 1 rings (SSSR count). The number of halogens is 2. The lowest BCUT2D eigenvalue weighted by Crippen LogP contribution is -2.14. The van der Waals surface area contributed by atoms with Crippen LogP contribution < -0.4 is 5.14 Å². The van der Waals surface area contributed by atoms with Crippen LogP contribution in [0.1, 0.15) is 5.56 Å². The maximum atomic E-state index is 10.6. The van der Waals surface area contributed by atoms with E-state index < -0.39 is 10.0 Å². The van der Waals surface area contributed by atoms with E-state index in [1.165, 1.54) is 6.07 Å². The summed E-state index contributed by atoms with van der Waals surface area (Å²) in [6.45, 7) is 0. The van der Waals surface area contributed by atoms with E-state index in [1.807, 2.05) is 0 Å². The summed E-state index contributed by atoms with van der Waals surface area (Å²) in [7, 11) is -3.52. The average molecular weight is 246 g/mol. The van der Waals surface area contributed by atoms with Crippen LogP contribution in [0.3, 0.4) is 0 Å². The van der Waals surface area contributed by atoms with Crippen molar-refractivity contribution in [3.8, 4) is 0 Å².